The van der Waals surface area contributed by atoms with E-state index in [-0.39, 0.29) is 30.1 Å². The van der Waals surface area contributed by atoms with Crippen molar-refractivity contribution in [3.63, 3.8) is 0 Å². The molecule has 2 amide bonds. The van der Waals surface area contributed by atoms with Crippen molar-refractivity contribution in [1.29, 1.82) is 0 Å². The fraction of sp³-hybridized carbons (Fsp3) is 0.812. The standard InChI is InChI=1S/C16H25NO4/c1-3-16(4-2,14(20)21)17-12(18)10-15(11-13(17)19)8-6-5-7-9-15/h3-11H2,1-2H3,(H,20,21). The maximum Gasteiger partial charge on any atom is 0.330 e. The molecule has 0 aromatic heterocycles. The molecule has 0 aromatic carbocycles. The van der Waals surface area contributed by atoms with Crippen molar-refractivity contribution < 1.29 is 19.5 Å². The predicted octanol–water partition coefficient (Wildman–Crippen LogP) is 2.73. The Kier molecular flexibility index (Phi) is 4.40. The summed E-state index contributed by atoms with van der Waals surface area (Å²) in [4.78, 5) is 37.9. The van der Waals surface area contributed by atoms with Crippen LogP contribution in [0.5, 0.6) is 0 Å². The average Bonchev–Trinajstić information content (AvgIpc) is 2.43. The van der Waals surface area contributed by atoms with Gasteiger partial charge in [-0.1, -0.05) is 33.1 Å². The summed E-state index contributed by atoms with van der Waals surface area (Å²) < 4.78 is 0. The second kappa shape index (κ2) is 5.78. The van der Waals surface area contributed by atoms with Gasteiger partial charge in [0, 0.05) is 12.8 Å². The summed E-state index contributed by atoms with van der Waals surface area (Å²) in [5.74, 6) is -1.66. The van der Waals surface area contributed by atoms with Crippen LogP contribution < -0.4 is 0 Å². The van der Waals surface area contributed by atoms with Gasteiger partial charge in [0.2, 0.25) is 11.8 Å². The lowest BCUT2D eigenvalue weighted by Crippen LogP contribution is -2.62. The van der Waals surface area contributed by atoms with Gasteiger partial charge in [-0.25, -0.2) is 4.79 Å². The predicted molar refractivity (Wildman–Crippen MR) is 77.6 cm³/mol. The van der Waals surface area contributed by atoms with Crippen LogP contribution in [0.3, 0.4) is 0 Å². The molecule has 0 bridgehead atoms. The number of hydrogen-bond acceptors (Lipinski definition) is 3. The summed E-state index contributed by atoms with van der Waals surface area (Å²) in [6.07, 6.45) is 6.27. The third-order valence-electron chi connectivity index (χ3n) is 5.46. The Morgan fingerprint density at radius 2 is 1.57 bits per heavy atom. The molecule has 1 saturated heterocycles. The van der Waals surface area contributed by atoms with Crippen LogP contribution in [-0.4, -0.2) is 33.3 Å². The molecule has 1 aliphatic carbocycles. The summed E-state index contributed by atoms with van der Waals surface area (Å²) in [5, 5.41) is 9.57. The van der Waals surface area contributed by atoms with Gasteiger partial charge in [-0.15, -0.1) is 0 Å². The molecule has 1 aliphatic heterocycles. The number of nitrogens with zero attached hydrogens (tertiary/aromatic N) is 1. The molecule has 2 rings (SSSR count). The molecule has 0 aromatic rings. The zero-order chi connectivity index (χ0) is 15.7. The SMILES string of the molecule is CCC(CC)(C(=O)O)N1C(=O)CC2(CCCCC2)CC1=O. The van der Waals surface area contributed by atoms with E-state index in [4.69, 9.17) is 0 Å². The fourth-order valence-corrected chi connectivity index (χ4v) is 4.10. The number of carboxylic acid groups (broad SMARTS) is 1. The lowest BCUT2D eigenvalue weighted by molar-refractivity contribution is -0.174. The van der Waals surface area contributed by atoms with Crippen LogP contribution in [0.15, 0.2) is 0 Å². The van der Waals surface area contributed by atoms with Crippen LogP contribution in [0.2, 0.25) is 0 Å². The van der Waals surface area contributed by atoms with Crippen molar-refractivity contribution in [2.24, 2.45) is 5.41 Å². The highest BCUT2D eigenvalue weighted by molar-refractivity contribution is 6.03. The maximum absolute atomic E-state index is 12.6. The van der Waals surface area contributed by atoms with Crippen LogP contribution in [0.1, 0.15) is 71.6 Å². The number of piperidine rings is 1. The number of hydrogen-bond donors (Lipinski definition) is 1. The van der Waals surface area contributed by atoms with Crippen molar-refractivity contribution in [1.82, 2.24) is 4.90 Å². The smallest absolute Gasteiger partial charge is 0.330 e. The summed E-state index contributed by atoms with van der Waals surface area (Å²) in [6, 6.07) is 0. The zero-order valence-corrected chi connectivity index (χ0v) is 13.0. The molecule has 5 nitrogen and oxygen atoms in total. The van der Waals surface area contributed by atoms with Gasteiger partial charge < -0.3 is 5.11 Å². The molecule has 1 spiro atoms. The average molecular weight is 295 g/mol. The highest BCUT2D eigenvalue weighted by atomic mass is 16.4. The number of carbonyl (C=O) groups excluding carboxylic acids is 2. The third kappa shape index (κ3) is 2.58. The minimum atomic E-state index is -1.37. The minimum absolute atomic E-state index is 0.200. The monoisotopic (exact) mass is 295 g/mol. The van der Waals surface area contributed by atoms with E-state index in [1.807, 2.05) is 0 Å². The second-order valence-electron chi connectivity index (χ2n) is 6.58. The summed E-state index contributed by atoms with van der Waals surface area (Å²) in [7, 11) is 0. The first-order chi connectivity index (χ1) is 9.91. The van der Waals surface area contributed by atoms with Crippen LogP contribution in [0.25, 0.3) is 0 Å². The molecular formula is C16H25NO4. The molecule has 1 saturated carbocycles. The number of imide groups is 1. The summed E-state index contributed by atoms with van der Waals surface area (Å²) >= 11 is 0. The van der Waals surface area contributed by atoms with Crippen molar-refractivity contribution in [3.8, 4) is 0 Å². The molecule has 1 N–H and O–H groups in total. The molecule has 118 valence electrons. The first-order valence-electron chi connectivity index (χ1n) is 8.00. The Morgan fingerprint density at radius 3 is 1.95 bits per heavy atom. The Balaban J connectivity index is 2.29. The molecule has 1 heterocycles. The Bertz CT molecular complexity index is 427. The molecule has 5 heteroatoms. The van der Waals surface area contributed by atoms with E-state index in [1.54, 1.807) is 13.8 Å². The van der Waals surface area contributed by atoms with Gasteiger partial charge in [0.25, 0.3) is 0 Å². The first-order valence-corrected chi connectivity index (χ1v) is 8.00. The minimum Gasteiger partial charge on any atom is -0.479 e. The van der Waals surface area contributed by atoms with Gasteiger partial charge in [0.05, 0.1) is 0 Å². The van der Waals surface area contributed by atoms with E-state index in [9.17, 15) is 19.5 Å². The zero-order valence-electron chi connectivity index (χ0n) is 13.0. The lowest BCUT2D eigenvalue weighted by atomic mass is 9.67. The molecule has 0 radical (unpaired) electrons. The van der Waals surface area contributed by atoms with Gasteiger partial charge in [0.15, 0.2) is 0 Å². The molecule has 21 heavy (non-hydrogen) atoms. The van der Waals surface area contributed by atoms with Crippen molar-refractivity contribution >= 4 is 17.8 Å². The van der Waals surface area contributed by atoms with Crippen LogP contribution >= 0.6 is 0 Å². The highest BCUT2D eigenvalue weighted by Gasteiger charge is 2.53. The third-order valence-corrected chi connectivity index (χ3v) is 5.46. The summed E-state index contributed by atoms with van der Waals surface area (Å²) in [5.41, 5.74) is -1.57. The fourth-order valence-electron chi connectivity index (χ4n) is 4.10. The van der Waals surface area contributed by atoms with Crippen LogP contribution in [-0.2, 0) is 14.4 Å². The van der Waals surface area contributed by atoms with Crippen molar-refractivity contribution in [2.75, 3.05) is 0 Å². The van der Waals surface area contributed by atoms with E-state index in [1.165, 1.54) is 0 Å². The first kappa shape index (κ1) is 16.0. The number of aliphatic carboxylic acids is 1. The molecule has 0 atom stereocenters. The quantitative estimate of drug-likeness (QED) is 0.809. The number of rotatable bonds is 4. The number of carbonyl (C=O) groups is 3. The van der Waals surface area contributed by atoms with Crippen molar-refractivity contribution in [2.45, 2.75) is 77.2 Å². The Labute approximate surface area is 125 Å². The molecule has 0 unspecified atom stereocenters. The second-order valence-corrected chi connectivity index (χ2v) is 6.58. The topological polar surface area (TPSA) is 74.7 Å². The van der Waals surface area contributed by atoms with Gasteiger partial charge in [0.1, 0.15) is 5.54 Å². The maximum atomic E-state index is 12.6. The van der Waals surface area contributed by atoms with E-state index in [0.29, 0.717) is 12.8 Å². The van der Waals surface area contributed by atoms with Gasteiger partial charge >= 0.3 is 5.97 Å². The number of carboxylic acids is 1. The van der Waals surface area contributed by atoms with Crippen LogP contribution in [0, 0.1) is 5.41 Å². The van der Waals surface area contributed by atoms with E-state index in [0.717, 1.165) is 37.0 Å². The van der Waals surface area contributed by atoms with E-state index in [2.05, 4.69) is 0 Å². The largest absolute Gasteiger partial charge is 0.479 e. The summed E-state index contributed by atoms with van der Waals surface area (Å²) in [6.45, 7) is 3.45. The normalized spacial score (nSPS) is 22.7. The number of likely N-dealkylation sites (tertiary alicyclic amines) is 1. The van der Waals surface area contributed by atoms with E-state index < -0.39 is 11.5 Å². The Morgan fingerprint density at radius 1 is 1.10 bits per heavy atom. The molecule has 2 fully saturated rings. The Hall–Kier alpha value is -1.39. The van der Waals surface area contributed by atoms with Gasteiger partial charge in [-0.3, -0.25) is 14.5 Å². The van der Waals surface area contributed by atoms with Gasteiger partial charge in [-0.2, -0.15) is 0 Å². The van der Waals surface area contributed by atoms with Crippen molar-refractivity contribution in [3.05, 3.63) is 0 Å². The van der Waals surface area contributed by atoms with E-state index >= 15 is 0 Å². The molecular weight excluding hydrogens is 270 g/mol. The lowest BCUT2D eigenvalue weighted by Gasteiger charge is -2.47. The van der Waals surface area contributed by atoms with Gasteiger partial charge in [-0.05, 0) is 31.1 Å². The van der Waals surface area contributed by atoms with Crippen LogP contribution in [0.4, 0.5) is 0 Å². The number of amides is 2. The molecule has 2 aliphatic rings. The highest BCUT2D eigenvalue weighted by Crippen LogP contribution is 2.47.